The molecule has 2 N–H and O–H groups in total. The fourth-order valence-corrected chi connectivity index (χ4v) is 12.7. The van der Waals surface area contributed by atoms with E-state index in [1.807, 2.05) is 65.7 Å². The number of nitrogens with zero attached hydrogens (tertiary/aromatic N) is 4. The van der Waals surface area contributed by atoms with Crippen LogP contribution >= 0.6 is 0 Å². The monoisotopic (exact) mass is 775 g/mol. The van der Waals surface area contributed by atoms with Gasteiger partial charge in [-0.25, -0.2) is 0 Å². The van der Waals surface area contributed by atoms with Crippen LogP contribution in [-0.2, 0) is 34.6 Å². The Labute approximate surface area is 328 Å². The summed E-state index contributed by atoms with van der Waals surface area (Å²) >= 11 is 0. The minimum absolute atomic E-state index is 0.00169. The third-order valence-electron chi connectivity index (χ3n) is 11.5. The predicted octanol–water partition coefficient (Wildman–Crippen LogP) is 5.94. The molecule has 4 atom stereocenters. The Kier molecular flexibility index (Phi) is 11.0. The SMILES string of the molecule is COc1ccc(C(=O)Nc2cccc(CN3C(=O)[C@@]4(O[C@@H](CCn5cc(CCO)nn5)[C@H]([Si](C)(C)c5ccc(OC)cc5)[C@H]4C)c4cc(OC)ccc43)c2)cc1. The molecule has 1 spiro atoms. The van der Waals surface area contributed by atoms with Gasteiger partial charge in [-0.2, -0.15) is 0 Å². The fourth-order valence-electron chi connectivity index (χ4n) is 8.66. The third kappa shape index (κ3) is 7.17. The van der Waals surface area contributed by atoms with Crippen LogP contribution < -0.4 is 29.6 Å². The number of nitrogens with one attached hydrogen (secondary N) is 1. The summed E-state index contributed by atoms with van der Waals surface area (Å²) in [6.07, 6.45) is 2.61. The molecule has 13 heteroatoms. The highest BCUT2D eigenvalue weighted by atomic mass is 28.3. The molecule has 12 nitrogen and oxygen atoms in total. The van der Waals surface area contributed by atoms with Crippen LogP contribution in [0.2, 0.25) is 18.6 Å². The first-order chi connectivity index (χ1) is 27.0. The Morgan fingerprint density at radius 3 is 2.29 bits per heavy atom. The van der Waals surface area contributed by atoms with Crippen molar-refractivity contribution in [3.63, 3.8) is 0 Å². The Morgan fingerprint density at radius 2 is 1.61 bits per heavy atom. The van der Waals surface area contributed by atoms with Crippen molar-refractivity contribution < 1.29 is 33.6 Å². The van der Waals surface area contributed by atoms with Crippen molar-refractivity contribution in [3.8, 4) is 17.2 Å². The maximum Gasteiger partial charge on any atom is 0.264 e. The lowest BCUT2D eigenvalue weighted by molar-refractivity contribution is -0.146. The van der Waals surface area contributed by atoms with Crippen molar-refractivity contribution >= 4 is 36.4 Å². The number of aryl methyl sites for hydroxylation is 1. The molecule has 0 bridgehead atoms. The van der Waals surface area contributed by atoms with Crippen LogP contribution in [0.1, 0.15) is 40.5 Å². The first-order valence-electron chi connectivity index (χ1n) is 18.9. The van der Waals surface area contributed by atoms with Gasteiger partial charge in [0.25, 0.3) is 11.8 Å². The van der Waals surface area contributed by atoms with E-state index in [0.717, 1.165) is 28.3 Å². The second-order valence-corrected chi connectivity index (χ2v) is 19.7. The van der Waals surface area contributed by atoms with E-state index >= 15 is 4.79 Å². The minimum Gasteiger partial charge on any atom is -0.497 e. The lowest BCUT2D eigenvalue weighted by Crippen LogP contribution is -2.51. The number of methoxy groups -OCH3 is 3. The summed E-state index contributed by atoms with van der Waals surface area (Å²) in [5, 5.41) is 22.2. The Balaban J connectivity index is 1.23. The number of carbonyl (C=O) groups is 2. The number of benzene rings is 4. The fraction of sp³-hybridized carbons (Fsp3) is 0.349. The normalized spacial score (nSPS) is 20.3. The number of rotatable bonds is 14. The van der Waals surface area contributed by atoms with Gasteiger partial charge in [-0.05, 0) is 84.3 Å². The van der Waals surface area contributed by atoms with Crippen molar-refractivity contribution in [2.75, 3.05) is 38.2 Å². The largest absolute Gasteiger partial charge is 0.497 e. The topological polar surface area (TPSA) is 137 Å². The molecule has 1 fully saturated rings. The molecule has 7 rings (SSSR count). The molecule has 0 unspecified atom stereocenters. The summed E-state index contributed by atoms with van der Waals surface area (Å²) in [5.41, 5.74) is 2.99. The van der Waals surface area contributed by atoms with Gasteiger partial charge in [-0.15, -0.1) is 5.10 Å². The van der Waals surface area contributed by atoms with E-state index in [9.17, 15) is 9.90 Å². The van der Waals surface area contributed by atoms with Gasteiger partial charge >= 0.3 is 0 Å². The summed E-state index contributed by atoms with van der Waals surface area (Å²) in [4.78, 5) is 30.3. The van der Waals surface area contributed by atoms with E-state index < -0.39 is 13.7 Å². The first-order valence-corrected chi connectivity index (χ1v) is 22.0. The lowest BCUT2D eigenvalue weighted by Gasteiger charge is -2.37. The molecule has 3 heterocycles. The highest BCUT2D eigenvalue weighted by Gasteiger charge is 2.66. The number of carbonyl (C=O) groups excluding carboxylic acids is 2. The number of ether oxygens (including phenoxy) is 4. The van der Waals surface area contributed by atoms with Gasteiger partial charge in [0, 0.05) is 48.5 Å². The number of aromatic nitrogens is 3. The number of amides is 2. The number of aliphatic hydroxyl groups is 1. The third-order valence-corrected chi connectivity index (χ3v) is 15.9. The van der Waals surface area contributed by atoms with Crippen molar-refractivity contribution in [1.82, 2.24) is 15.0 Å². The van der Waals surface area contributed by atoms with E-state index in [1.54, 1.807) is 50.3 Å². The molecule has 0 aliphatic carbocycles. The van der Waals surface area contributed by atoms with Crippen LogP contribution in [0.5, 0.6) is 17.2 Å². The molecule has 0 saturated carbocycles. The minimum atomic E-state index is -2.38. The average Bonchev–Trinajstić information content (AvgIpc) is 3.86. The zero-order valence-electron chi connectivity index (χ0n) is 32.7. The number of aliphatic hydroxyl groups excluding tert-OH is 1. The summed E-state index contributed by atoms with van der Waals surface area (Å²) in [7, 11) is 2.49. The summed E-state index contributed by atoms with van der Waals surface area (Å²) in [6, 6.07) is 28.6. The maximum atomic E-state index is 15.3. The zero-order valence-corrected chi connectivity index (χ0v) is 33.7. The van der Waals surface area contributed by atoms with Gasteiger partial charge in [0.15, 0.2) is 5.60 Å². The molecule has 0 radical (unpaired) electrons. The van der Waals surface area contributed by atoms with E-state index in [2.05, 4.69) is 47.8 Å². The molecular formula is C43H49N5O7Si. The van der Waals surface area contributed by atoms with Gasteiger partial charge in [0.2, 0.25) is 0 Å². The highest BCUT2D eigenvalue weighted by Crippen LogP contribution is 2.60. The quantitative estimate of drug-likeness (QED) is 0.131. The Hall–Kier alpha value is -5.50. The Morgan fingerprint density at radius 1 is 0.929 bits per heavy atom. The molecular weight excluding hydrogens is 727 g/mol. The number of anilines is 2. The highest BCUT2D eigenvalue weighted by molar-refractivity contribution is 6.91. The maximum absolute atomic E-state index is 15.3. The van der Waals surface area contributed by atoms with Gasteiger partial charge in [0.05, 0.1) is 53.4 Å². The molecule has 1 saturated heterocycles. The Bertz CT molecular complexity index is 2190. The van der Waals surface area contributed by atoms with E-state index in [-0.39, 0.29) is 42.5 Å². The van der Waals surface area contributed by atoms with Crippen LogP contribution in [0.3, 0.4) is 0 Å². The number of hydrogen-bond donors (Lipinski definition) is 2. The standard InChI is InChI=1S/C43H49N5O7Si/c1-28-40(56(5,6)36-17-14-34(53-3)15-18-36)39(20-22-47-27-32(21-23-49)45-46-47)55-43(28)37-25-35(54-4)16-19-38(37)48(42(43)51)26-29-8-7-9-31(24-29)44-41(50)30-10-12-33(52-2)13-11-30/h7-19,24-25,27-28,39-40,49H,20-23,26H2,1-6H3,(H,44,50)/t28-,39+,40-,43+/m1/s1. The predicted molar refractivity (Wildman–Crippen MR) is 217 cm³/mol. The number of fused-ring (bicyclic) bond motifs is 2. The van der Waals surface area contributed by atoms with Crippen LogP contribution in [0.4, 0.5) is 11.4 Å². The molecule has 2 amide bonds. The lowest BCUT2D eigenvalue weighted by atomic mass is 9.82. The van der Waals surface area contributed by atoms with Crippen LogP contribution in [0.15, 0.2) is 97.2 Å². The van der Waals surface area contributed by atoms with Gasteiger partial charge in [-0.3, -0.25) is 14.3 Å². The molecule has 2 aliphatic heterocycles. The van der Waals surface area contributed by atoms with Gasteiger partial charge in [0.1, 0.15) is 17.2 Å². The van der Waals surface area contributed by atoms with Crippen molar-refractivity contribution in [2.45, 2.75) is 63.2 Å². The molecule has 292 valence electrons. The second-order valence-electron chi connectivity index (χ2n) is 15.0. The first kappa shape index (κ1) is 38.8. The molecule has 2 aliphatic rings. The smallest absolute Gasteiger partial charge is 0.264 e. The molecule has 5 aromatic rings. The molecule has 4 aromatic carbocycles. The van der Waals surface area contributed by atoms with Crippen LogP contribution in [0, 0.1) is 5.92 Å². The van der Waals surface area contributed by atoms with Crippen molar-refractivity contribution in [3.05, 3.63) is 120 Å². The van der Waals surface area contributed by atoms with Gasteiger partial charge in [-0.1, -0.05) is 54.7 Å². The van der Waals surface area contributed by atoms with E-state index in [0.29, 0.717) is 42.1 Å². The van der Waals surface area contributed by atoms with Crippen LogP contribution in [0.25, 0.3) is 0 Å². The number of hydrogen-bond acceptors (Lipinski definition) is 9. The average molecular weight is 776 g/mol. The van der Waals surface area contributed by atoms with Gasteiger partial charge < -0.3 is 34.3 Å². The van der Waals surface area contributed by atoms with Crippen LogP contribution in [-0.4, -0.2) is 74.0 Å². The second kappa shape index (κ2) is 15.9. The summed E-state index contributed by atoms with van der Waals surface area (Å²) < 4.78 is 25.6. The van der Waals surface area contributed by atoms with E-state index in [1.165, 1.54) is 5.19 Å². The van der Waals surface area contributed by atoms with Crippen molar-refractivity contribution in [1.29, 1.82) is 0 Å². The van der Waals surface area contributed by atoms with Crippen molar-refractivity contribution in [2.24, 2.45) is 5.92 Å². The zero-order chi connectivity index (χ0) is 39.6. The summed E-state index contributed by atoms with van der Waals surface area (Å²) in [5.74, 6) is 1.52. The summed E-state index contributed by atoms with van der Waals surface area (Å²) in [6.45, 7) is 7.68. The van der Waals surface area contributed by atoms with E-state index in [4.69, 9.17) is 18.9 Å². The molecule has 56 heavy (non-hydrogen) atoms. The molecule has 1 aromatic heterocycles.